The molecule has 88 valence electrons. The first-order chi connectivity index (χ1) is 7.57. The Morgan fingerprint density at radius 3 is 2.38 bits per heavy atom. The number of hydrogen-bond acceptors (Lipinski definition) is 3. The standard InChI is InChI=1S/C13H21N3/c1-13(2,3)11-4-5-12(15-10-11)16-8-6-14-7-9-16/h4-5,10,14H,6-9H2,1-3H3. The first-order valence-corrected chi connectivity index (χ1v) is 5.99. The Morgan fingerprint density at radius 2 is 1.88 bits per heavy atom. The normalized spacial score (nSPS) is 17.6. The SMILES string of the molecule is CC(C)(C)c1ccc(N2CCNCC2)nc1. The third-order valence-corrected chi connectivity index (χ3v) is 3.05. The first kappa shape index (κ1) is 11.4. The molecule has 1 aliphatic rings. The molecule has 1 aromatic heterocycles. The second-order valence-corrected chi connectivity index (χ2v) is 5.39. The summed E-state index contributed by atoms with van der Waals surface area (Å²) in [6.45, 7) is 10.9. The summed E-state index contributed by atoms with van der Waals surface area (Å²) in [4.78, 5) is 6.90. The summed E-state index contributed by atoms with van der Waals surface area (Å²) in [5.74, 6) is 1.11. The predicted molar refractivity (Wildman–Crippen MR) is 68.0 cm³/mol. The maximum Gasteiger partial charge on any atom is 0.128 e. The van der Waals surface area contributed by atoms with Crippen LogP contribution in [0.3, 0.4) is 0 Å². The van der Waals surface area contributed by atoms with Crippen LogP contribution in [-0.2, 0) is 5.41 Å². The number of nitrogens with zero attached hydrogens (tertiary/aromatic N) is 2. The predicted octanol–water partition coefficient (Wildman–Crippen LogP) is 1.79. The lowest BCUT2D eigenvalue weighted by Gasteiger charge is -2.29. The van der Waals surface area contributed by atoms with E-state index < -0.39 is 0 Å². The van der Waals surface area contributed by atoms with Crippen molar-refractivity contribution in [3.63, 3.8) is 0 Å². The lowest BCUT2D eigenvalue weighted by molar-refractivity contribution is 0.577. The molecule has 2 rings (SSSR count). The van der Waals surface area contributed by atoms with E-state index in [1.807, 2.05) is 6.20 Å². The van der Waals surface area contributed by atoms with Crippen molar-refractivity contribution in [1.82, 2.24) is 10.3 Å². The Labute approximate surface area is 97.9 Å². The number of piperazine rings is 1. The van der Waals surface area contributed by atoms with Crippen molar-refractivity contribution in [2.24, 2.45) is 0 Å². The van der Waals surface area contributed by atoms with E-state index in [9.17, 15) is 0 Å². The van der Waals surface area contributed by atoms with E-state index in [1.165, 1.54) is 5.56 Å². The highest BCUT2D eigenvalue weighted by atomic mass is 15.2. The van der Waals surface area contributed by atoms with E-state index in [-0.39, 0.29) is 5.41 Å². The maximum absolute atomic E-state index is 4.57. The van der Waals surface area contributed by atoms with Crippen LogP contribution < -0.4 is 10.2 Å². The molecule has 1 aliphatic heterocycles. The molecular formula is C13H21N3. The Hall–Kier alpha value is -1.09. The van der Waals surface area contributed by atoms with E-state index >= 15 is 0 Å². The van der Waals surface area contributed by atoms with Crippen molar-refractivity contribution in [3.8, 4) is 0 Å². The molecular weight excluding hydrogens is 198 g/mol. The van der Waals surface area contributed by atoms with Gasteiger partial charge >= 0.3 is 0 Å². The Balaban J connectivity index is 2.12. The molecule has 0 bridgehead atoms. The molecule has 0 spiro atoms. The second kappa shape index (κ2) is 4.42. The van der Waals surface area contributed by atoms with Crippen LogP contribution >= 0.6 is 0 Å². The zero-order valence-corrected chi connectivity index (χ0v) is 10.5. The maximum atomic E-state index is 4.57. The fourth-order valence-electron chi connectivity index (χ4n) is 1.91. The van der Waals surface area contributed by atoms with Crippen molar-refractivity contribution in [3.05, 3.63) is 23.9 Å². The minimum absolute atomic E-state index is 0.189. The second-order valence-electron chi connectivity index (χ2n) is 5.39. The molecule has 0 saturated carbocycles. The highest BCUT2D eigenvalue weighted by Crippen LogP contribution is 2.22. The van der Waals surface area contributed by atoms with Gasteiger partial charge in [-0.25, -0.2) is 4.98 Å². The fourth-order valence-corrected chi connectivity index (χ4v) is 1.91. The topological polar surface area (TPSA) is 28.2 Å². The molecule has 3 nitrogen and oxygen atoms in total. The summed E-state index contributed by atoms with van der Waals surface area (Å²) in [6.07, 6.45) is 2.01. The van der Waals surface area contributed by atoms with Crippen LogP contribution in [0.4, 0.5) is 5.82 Å². The molecule has 3 heteroatoms. The monoisotopic (exact) mass is 219 g/mol. The van der Waals surface area contributed by atoms with E-state index in [0.29, 0.717) is 0 Å². The van der Waals surface area contributed by atoms with Gasteiger partial charge in [0.15, 0.2) is 0 Å². The summed E-state index contributed by atoms with van der Waals surface area (Å²) in [7, 11) is 0. The molecule has 0 aliphatic carbocycles. The van der Waals surface area contributed by atoms with Crippen molar-refractivity contribution < 1.29 is 0 Å². The van der Waals surface area contributed by atoms with Crippen LogP contribution in [0.1, 0.15) is 26.3 Å². The van der Waals surface area contributed by atoms with Crippen molar-refractivity contribution in [2.75, 3.05) is 31.1 Å². The molecule has 0 aromatic carbocycles. The van der Waals surface area contributed by atoms with Crippen LogP contribution in [0.5, 0.6) is 0 Å². The van der Waals surface area contributed by atoms with Gasteiger partial charge < -0.3 is 10.2 Å². The number of nitrogens with one attached hydrogen (secondary N) is 1. The largest absolute Gasteiger partial charge is 0.354 e. The van der Waals surface area contributed by atoms with Crippen molar-refractivity contribution in [2.45, 2.75) is 26.2 Å². The van der Waals surface area contributed by atoms with Crippen molar-refractivity contribution >= 4 is 5.82 Å². The molecule has 2 heterocycles. The number of pyridine rings is 1. The minimum atomic E-state index is 0.189. The zero-order valence-electron chi connectivity index (χ0n) is 10.5. The van der Waals surface area contributed by atoms with Gasteiger partial charge in [-0.3, -0.25) is 0 Å². The van der Waals surface area contributed by atoms with E-state index in [1.54, 1.807) is 0 Å². The van der Waals surface area contributed by atoms with Gasteiger partial charge in [-0.15, -0.1) is 0 Å². The van der Waals surface area contributed by atoms with E-state index in [0.717, 1.165) is 32.0 Å². The van der Waals surface area contributed by atoms with Gasteiger partial charge in [-0.1, -0.05) is 26.8 Å². The quantitative estimate of drug-likeness (QED) is 0.780. The van der Waals surface area contributed by atoms with E-state index in [4.69, 9.17) is 0 Å². The Morgan fingerprint density at radius 1 is 1.19 bits per heavy atom. The number of aromatic nitrogens is 1. The third-order valence-electron chi connectivity index (χ3n) is 3.05. The molecule has 0 amide bonds. The summed E-state index contributed by atoms with van der Waals surface area (Å²) in [5, 5.41) is 3.35. The highest BCUT2D eigenvalue weighted by Gasteiger charge is 2.15. The highest BCUT2D eigenvalue weighted by molar-refractivity contribution is 5.40. The molecule has 1 fully saturated rings. The van der Waals surface area contributed by atoms with Gasteiger partial charge in [-0.05, 0) is 17.0 Å². The summed E-state index contributed by atoms with van der Waals surface area (Å²) in [6, 6.07) is 4.34. The van der Waals surface area contributed by atoms with Gasteiger partial charge in [-0.2, -0.15) is 0 Å². The average molecular weight is 219 g/mol. The molecule has 0 radical (unpaired) electrons. The third kappa shape index (κ3) is 2.53. The summed E-state index contributed by atoms with van der Waals surface area (Å²) >= 11 is 0. The number of anilines is 1. The minimum Gasteiger partial charge on any atom is -0.354 e. The van der Waals surface area contributed by atoms with Crippen LogP contribution in [0.15, 0.2) is 18.3 Å². The number of rotatable bonds is 1. The fraction of sp³-hybridized carbons (Fsp3) is 0.615. The van der Waals surface area contributed by atoms with Crippen LogP contribution in [-0.4, -0.2) is 31.2 Å². The smallest absolute Gasteiger partial charge is 0.128 e. The lowest BCUT2D eigenvalue weighted by atomic mass is 9.88. The molecule has 0 unspecified atom stereocenters. The molecule has 1 N–H and O–H groups in total. The van der Waals surface area contributed by atoms with Crippen LogP contribution in [0.25, 0.3) is 0 Å². The van der Waals surface area contributed by atoms with E-state index in [2.05, 4.69) is 48.1 Å². The Kier molecular flexibility index (Phi) is 3.15. The Bertz CT molecular complexity index is 331. The molecule has 1 aromatic rings. The number of hydrogen-bond donors (Lipinski definition) is 1. The van der Waals surface area contributed by atoms with Gasteiger partial charge in [0.05, 0.1) is 0 Å². The van der Waals surface area contributed by atoms with Crippen LogP contribution in [0, 0.1) is 0 Å². The summed E-state index contributed by atoms with van der Waals surface area (Å²) in [5.41, 5.74) is 1.49. The van der Waals surface area contributed by atoms with Gasteiger partial charge in [0, 0.05) is 32.4 Å². The first-order valence-electron chi connectivity index (χ1n) is 5.99. The van der Waals surface area contributed by atoms with Crippen molar-refractivity contribution in [1.29, 1.82) is 0 Å². The van der Waals surface area contributed by atoms with Crippen LogP contribution in [0.2, 0.25) is 0 Å². The van der Waals surface area contributed by atoms with Gasteiger partial charge in [0.2, 0.25) is 0 Å². The molecule has 0 atom stereocenters. The molecule has 1 saturated heterocycles. The van der Waals surface area contributed by atoms with Gasteiger partial charge in [0.1, 0.15) is 5.82 Å². The van der Waals surface area contributed by atoms with Gasteiger partial charge in [0.25, 0.3) is 0 Å². The lowest BCUT2D eigenvalue weighted by Crippen LogP contribution is -2.43. The average Bonchev–Trinajstić information content (AvgIpc) is 2.29. The zero-order chi connectivity index (χ0) is 11.6. The molecule has 16 heavy (non-hydrogen) atoms. The summed E-state index contributed by atoms with van der Waals surface area (Å²) < 4.78 is 0.